The van der Waals surface area contributed by atoms with E-state index in [0.29, 0.717) is 19.4 Å². The summed E-state index contributed by atoms with van der Waals surface area (Å²) >= 11 is 0. The molecule has 3 nitrogen and oxygen atoms in total. The number of rotatable bonds is 11. The van der Waals surface area contributed by atoms with Gasteiger partial charge in [-0.25, -0.2) is 0 Å². The van der Waals surface area contributed by atoms with Crippen molar-refractivity contribution in [1.82, 2.24) is 0 Å². The molecule has 0 radical (unpaired) electrons. The first kappa shape index (κ1) is 16.1. The highest BCUT2D eigenvalue weighted by atomic mass is 31.2. The van der Waals surface area contributed by atoms with Gasteiger partial charge in [-0.3, -0.25) is 4.57 Å². The van der Waals surface area contributed by atoms with Crippen LogP contribution in [-0.2, 0) is 13.6 Å². The van der Waals surface area contributed by atoms with Crippen LogP contribution in [0.3, 0.4) is 0 Å². The van der Waals surface area contributed by atoms with E-state index in [0.717, 1.165) is 25.7 Å². The molecule has 98 valence electrons. The average molecular weight is 250 g/mol. The molecule has 0 unspecified atom stereocenters. The predicted octanol–water partition coefficient (Wildman–Crippen LogP) is 4.61. The third-order valence-electron chi connectivity index (χ3n) is 2.27. The molecule has 0 bridgehead atoms. The van der Waals surface area contributed by atoms with E-state index in [4.69, 9.17) is 9.05 Å². The summed E-state index contributed by atoms with van der Waals surface area (Å²) in [5, 5.41) is 0. The van der Waals surface area contributed by atoms with Gasteiger partial charge in [0.05, 0.1) is 19.4 Å². The Morgan fingerprint density at radius 2 is 1.38 bits per heavy atom. The van der Waals surface area contributed by atoms with Crippen LogP contribution in [0, 0.1) is 0 Å². The molecule has 16 heavy (non-hydrogen) atoms. The summed E-state index contributed by atoms with van der Waals surface area (Å²) in [4.78, 5) is 0. The molecule has 0 aromatic heterocycles. The van der Waals surface area contributed by atoms with Gasteiger partial charge in [-0.2, -0.15) is 0 Å². The summed E-state index contributed by atoms with van der Waals surface area (Å²) in [7, 11) is -2.79. The van der Waals surface area contributed by atoms with Crippen molar-refractivity contribution in [3.63, 3.8) is 0 Å². The average Bonchev–Trinajstić information content (AvgIpc) is 2.30. The lowest BCUT2D eigenvalue weighted by Crippen LogP contribution is -2.02. The molecule has 0 aliphatic rings. The van der Waals surface area contributed by atoms with Gasteiger partial charge in [-0.15, -0.1) is 0 Å². The number of hydrogen-bond acceptors (Lipinski definition) is 3. The van der Waals surface area contributed by atoms with Crippen molar-refractivity contribution >= 4 is 7.60 Å². The fourth-order valence-electron chi connectivity index (χ4n) is 1.36. The first-order valence-electron chi connectivity index (χ1n) is 6.56. The Morgan fingerprint density at radius 1 is 0.812 bits per heavy atom. The number of unbranched alkanes of at least 4 members (excludes halogenated alkanes) is 3. The second kappa shape index (κ2) is 10.3. The van der Waals surface area contributed by atoms with Gasteiger partial charge in [0.2, 0.25) is 0 Å². The maximum Gasteiger partial charge on any atom is 0.330 e. The summed E-state index contributed by atoms with van der Waals surface area (Å²) in [6, 6.07) is 0. The lowest BCUT2D eigenvalue weighted by Gasteiger charge is -2.17. The summed E-state index contributed by atoms with van der Waals surface area (Å²) in [5.41, 5.74) is 0. The van der Waals surface area contributed by atoms with Crippen molar-refractivity contribution in [2.45, 2.75) is 59.3 Å². The zero-order valence-electron chi connectivity index (χ0n) is 11.0. The molecule has 0 saturated heterocycles. The Kier molecular flexibility index (Phi) is 10.4. The molecule has 0 amide bonds. The normalized spacial score (nSPS) is 11.9. The van der Waals surface area contributed by atoms with Crippen LogP contribution in [0.25, 0.3) is 0 Å². The summed E-state index contributed by atoms with van der Waals surface area (Å²) in [5.74, 6) is 0. The smallest absolute Gasteiger partial charge is 0.309 e. The van der Waals surface area contributed by atoms with Gasteiger partial charge in [-0.05, 0) is 19.3 Å². The van der Waals surface area contributed by atoms with E-state index in [2.05, 4.69) is 6.92 Å². The van der Waals surface area contributed by atoms with E-state index in [-0.39, 0.29) is 0 Å². The minimum atomic E-state index is -2.79. The molecule has 0 aromatic rings. The quantitative estimate of drug-likeness (QED) is 0.396. The summed E-state index contributed by atoms with van der Waals surface area (Å²) in [6.45, 7) is 7.27. The molecule has 0 atom stereocenters. The van der Waals surface area contributed by atoms with Crippen LogP contribution in [0.4, 0.5) is 0 Å². The molecule has 4 heteroatoms. The van der Waals surface area contributed by atoms with Gasteiger partial charge < -0.3 is 9.05 Å². The van der Waals surface area contributed by atoms with E-state index < -0.39 is 7.60 Å². The monoisotopic (exact) mass is 250 g/mol. The Balaban J connectivity index is 3.92. The van der Waals surface area contributed by atoms with Crippen LogP contribution in [0.2, 0.25) is 0 Å². The van der Waals surface area contributed by atoms with E-state index in [1.54, 1.807) is 0 Å². The second-order valence-corrected chi connectivity index (χ2v) is 6.25. The maximum atomic E-state index is 12.2. The van der Waals surface area contributed by atoms with Crippen molar-refractivity contribution in [2.75, 3.05) is 19.4 Å². The Hall–Kier alpha value is 0.150. The molecule has 0 N–H and O–H groups in total. The van der Waals surface area contributed by atoms with Crippen molar-refractivity contribution < 1.29 is 13.6 Å². The minimum Gasteiger partial charge on any atom is -0.309 e. The number of hydrogen-bond donors (Lipinski definition) is 0. The van der Waals surface area contributed by atoms with Crippen LogP contribution >= 0.6 is 7.60 Å². The minimum absolute atomic E-state index is 0.536. The first-order valence-corrected chi connectivity index (χ1v) is 8.29. The van der Waals surface area contributed by atoms with E-state index in [1.807, 2.05) is 13.8 Å². The maximum absolute atomic E-state index is 12.2. The lowest BCUT2D eigenvalue weighted by molar-refractivity contribution is 0.204. The van der Waals surface area contributed by atoms with Crippen molar-refractivity contribution in [2.24, 2.45) is 0 Å². The van der Waals surface area contributed by atoms with Gasteiger partial charge in [0, 0.05) is 0 Å². The Bertz CT molecular complexity index is 183. The highest BCUT2D eigenvalue weighted by Gasteiger charge is 2.23. The topological polar surface area (TPSA) is 35.5 Å². The van der Waals surface area contributed by atoms with Crippen LogP contribution < -0.4 is 0 Å². The zero-order chi connectivity index (χ0) is 12.3. The van der Waals surface area contributed by atoms with Crippen LogP contribution in [0.5, 0.6) is 0 Å². The molecule has 0 aliphatic carbocycles. The highest BCUT2D eigenvalue weighted by Crippen LogP contribution is 2.49. The largest absolute Gasteiger partial charge is 0.330 e. The molecule has 0 fully saturated rings. The molecule has 0 spiro atoms. The van der Waals surface area contributed by atoms with Crippen molar-refractivity contribution in [1.29, 1.82) is 0 Å². The Labute approximate surface area is 100 Å². The lowest BCUT2D eigenvalue weighted by atomic mass is 10.2. The van der Waals surface area contributed by atoms with Crippen molar-refractivity contribution in [3.8, 4) is 0 Å². The second-order valence-electron chi connectivity index (χ2n) is 4.06. The van der Waals surface area contributed by atoms with Crippen LogP contribution in [-0.4, -0.2) is 19.4 Å². The van der Waals surface area contributed by atoms with E-state index >= 15 is 0 Å². The highest BCUT2D eigenvalue weighted by molar-refractivity contribution is 7.53. The van der Waals surface area contributed by atoms with Gasteiger partial charge in [0.1, 0.15) is 0 Å². The van der Waals surface area contributed by atoms with Gasteiger partial charge >= 0.3 is 7.60 Å². The SMILES string of the molecule is CCCCCCP(=O)(OCCC)OCCC. The fraction of sp³-hybridized carbons (Fsp3) is 1.00. The summed E-state index contributed by atoms with van der Waals surface area (Å²) in [6.07, 6.45) is 6.79. The molecule has 0 aliphatic heterocycles. The first-order chi connectivity index (χ1) is 7.68. The molecular weight excluding hydrogens is 223 g/mol. The fourth-order valence-corrected chi connectivity index (χ4v) is 3.22. The van der Waals surface area contributed by atoms with Crippen molar-refractivity contribution in [3.05, 3.63) is 0 Å². The van der Waals surface area contributed by atoms with Gasteiger partial charge in [0.15, 0.2) is 0 Å². The standard InChI is InChI=1S/C12H27O3P/c1-4-7-8-9-12-16(13,14-10-5-2)15-11-6-3/h4-12H2,1-3H3. The molecule has 0 rings (SSSR count). The zero-order valence-corrected chi connectivity index (χ0v) is 11.9. The van der Waals surface area contributed by atoms with Gasteiger partial charge in [0.25, 0.3) is 0 Å². The third kappa shape index (κ3) is 8.32. The predicted molar refractivity (Wildman–Crippen MR) is 69.1 cm³/mol. The van der Waals surface area contributed by atoms with Crippen LogP contribution in [0.15, 0.2) is 0 Å². The Morgan fingerprint density at radius 3 is 1.81 bits per heavy atom. The van der Waals surface area contributed by atoms with Crippen LogP contribution in [0.1, 0.15) is 59.3 Å². The summed E-state index contributed by atoms with van der Waals surface area (Å²) < 4.78 is 23.0. The molecule has 0 aromatic carbocycles. The molecule has 0 saturated carbocycles. The molecule has 0 heterocycles. The third-order valence-corrected chi connectivity index (χ3v) is 4.29. The van der Waals surface area contributed by atoms with E-state index in [9.17, 15) is 4.57 Å². The van der Waals surface area contributed by atoms with Gasteiger partial charge in [-0.1, -0.05) is 40.0 Å². The van der Waals surface area contributed by atoms with E-state index in [1.165, 1.54) is 12.8 Å². The molecular formula is C12H27O3P.